The van der Waals surface area contributed by atoms with Gasteiger partial charge in [0.1, 0.15) is 6.10 Å². The van der Waals surface area contributed by atoms with Gasteiger partial charge in [0, 0.05) is 6.42 Å². The molecule has 1 saturated heterocycles. The first-order valence-electron chi connectivity index (χ1n) is 4.66. The molecule has 14 heavy (non-hydrogen) atoms. The van der Waals surface area contributed by atoms with Crippen molar-refractivity contribution in [2.24, 2.45) is 0 Å². The number of ether oxygens (including phenoxy) is 1. The Labute approximate surface area is 91.4 Å². The van der Waals surface area contributed by atoms with E-state index in [-0.39, 0.29) is 16.9 Å². The van der Waals surface area contributed by atoms with Crippen LogP contribution in [-0.2, 0) is 9.53 Å². The molecular formula is C11H11BrO2. The van der Waals surface area contributed by atoms with Gasteiger partial charge in [-0.3, -0.25) is 4.79 Å². The van der Waals surface area contributed by atoms with E-state index in [0.29, 0.717) is 6.42 Å². The standard InChI is InChI=1S/C11H11BrO2/c12-11(8-4-2-1-3-5-8)9-6-7-10(13)14-9/h1-5,9,11H,6-7H2/t9-,11-/m1/s1. The van der Waals surface area contributed by atoms with Crippen molar-refractivity contribution >= 4 is 21.9 Å². The summed E-state index contributed by atoms with van der Waals surface area (Å²) in [6.45, 7) is 0. The topological polar surface area (TPSA) is 26.3 Å². The molecule has 1 aromatic rings. The van der Waals surface area contributed by atoms with Crippen LogP contribution in [0.15, 0.2) is 30.3 Å². The Morgan fingerprint density at radius 1 is 1.36 bits per heavy atom. The maximum Gasteiger partial charge on any atom is 0.306 e. The van der Waals surface area contributed by atoms with Gasteiger partial charge in [0.15, 0.2) is 0 Å². The number of carbonyl (C=O) groups excluding carboxylic acids is 1. The van der Waals surface area contributed by atoms with Gasteiger partial charge in [0.05, 0.1) is 4.83 Å². The van der Waals surface area contributed by atoms with Crippen LogP contribution >= 0.6 is 15.9 Å². The summed E-state index contributed by atoms with van der Waals surface area (Å²) in [4.78, 5) is 11.1. The predicted octanol–water partition coefficient (Wildman–Crippen LogP) is 2.83. The number of hydrogen-bond donors (Lipinski definition) is 0. The van der Waals surface area contributed by atoms with E-state index in [0.717, 1.165) is 12.0 Å². The third-order valence-corrected chi connectivity index (χ3v) is 3.48. The lowest BCUT2D eigenvalue weighted by atomic mass is 10.1. The van der Waals surface area contributed by atoms with E-state index >= 15 is 0 Å². The summed E-state index contributed by atoms with van der Waals surface area (Å²) in [5.41, 5.74) is 1.16. The van der Waals surface area contributed by atoms with Gasteiger partial charge in [-0.2, -0.15) is 0 Å². The van der Waals surface area contributed by atoms with Crippen molar-refractivity contribution in [3.8, 4) is 0 Å². The molecule has 0 radical (unpaired) electrons. The van der Waals surface area contributed by atoms with Gasteiger partial charge in [-0.1, -0.05) is 46.3 Å². The molecule has 1 aliphatic rings. The Balaban J connectivity index is 2.09. The second-order valence-electron chi connectivity index (χ2n) is 3.38. The van der Waals surface area contributed by atoms with Crippen molar-refractivity contribution in [3.63, 3.8) is 0 Å². The average Bonchev–Trinajstić information content (AvgIpc) is 2.65. The average molecular weight is 255 g/mol. The number of benzene rings is 1. The van der Waals surface area contributed by atoms with Crippen molar-refractivity contribution in [3.05, 3.63) is 35.9 Å². The number of halogens is 1. The van der Waals surface area contributed by atoms with Gasteiger partial charge in [-0.25, -0.2) is 0 Å². The largest absolute Gasteiger partial charge is 0.461 e. The van der Waals surface area contributed by atoms with Crippen LogP contribution in [0.1, 0.15) is 23.2 Å². The summed E-state index contributed by atoms with van der Waals surface area (Å²) >= 11 is 3.56. The van der Waals surface area contributed by atoms with Gasteiger partial charge >= 0.3 is 5.97 Å². The van der Waals surface area contributed by atoms with E-state index in [4.69, 9.17) is 4.74 Å². The Kier molecular flexibility index (Phi) is 2.87. The van der Waals surface area contributed by atoms with Gasteiger partial charge < -0.3 is 4.74 Å². The summed E-state index contributed by atoms with van der Waals surface area (Å²) in [6.07, 6.45) is 1.34. The molecule has 0 unspecified atom stereocenters. The minimum atomic E-state index is -0.0876. The molecule has 1 heterocycles. The van der Waals surface area contributed by atoms with Crippen LogP contribution in [0.2, 0.25) is 0 Å². The van der Waals surface area contributed by atoms with E-state index in [2.05, 4.69) is 15.9 Å². The summed E-state index contributed by atoms with van der Waals surface area (Å²) in [7, 11) is 0. The minimum Gasteiger partial charge on any atom is -0.461 e. The lowest BCUT2D eigenvalue weighted by Crippen LogP contribution is -2.13. The first kappa shape index (κ1) is 9.71. The molecule has 0 saturated carbocycles. The fourth-order valence-corrected chi connectivity index (χ4v) is 2.28. The predicted molar refractivity (Wildman–Crippen MR) is 57.2 cm³/mol. The summed E-state index contributed by atoms with van der Waals surface area (Å²) in [5.74, 6) is -0.0876. The molecular weight excluding hydrogens is 244 g/mol. The number of alkyl halides is 1. The third kappa shape index (κ3) is 1.98. The number of rotatable bonds is 2. The van der Waals surface area contributed by atoms with E-state index in [1.54, 1.807) is 0 Å². The van der Waals surface area contributed by atoms with Gasteiger partial charge in [0.2, 0.25) is 0 Å². The number of hydrogen-bond acceptors (Lipinski definition) is 2. The SMILES string of the molecule is O=C1CC[C@H]([C@H](Br)c2ccccc2)O1. The third-order valence-electron chi connectivity index (χ3n) is 2.36. The Morgan fingerprint density at radius 2 is 2.07 bits per heavy atom. The van der Waals surface area contributed by atoms with E-state index in [9.17, 15) is 4.79 Å². The summed E-state index contributed by atoms with van der Waals surface area (Å²) in [5, 5.41) is 0. The molecule has 74 valence electrons. The van der Waals surface area contributed by atoms with E-state index in [1.807, 2.05) is 30.3 Å². The molecule has 0 amide bonds. The number of carbonyl (C=O) groups is 1. The molecule has 0 bridgehead atoms. The van der Waals surface area contributed by atoms with Crippen LogP contribution in [0.5, 0.6) is 0 Å². The molecule has 2 nitrogen and oxygen atoms in total. The molecule has 2 rings (SSSR count). The first-order chi connectivity index (χ1) is 6.77. The maximum atomic E-state index is 10.9. The van der Waals surface area contributed by atoms with Crippen LogP contribution in [-0.4, -0.2) is 12.1 Å². The zero-order valence-corrected chi connectivity index (χ0v) is 9.24. The molecule has 0 aliphatic carbocycles. The van der Waals surface area contributed by atoms with Crippen molar-refractivity contribution in [2.75, 3.05) is 0 Å². The molecule has 0 N–H and O–H groups in total. The van der Waals surface area contributed by atoms with Gasteiger partial charge in [-0.15, -0.1) is 0 Å². The summed E-state index contributed by atoms with van der Waals surface area (Å²) < 4.78 is 5.19. The zero-order valence-electron chi connectivity index (χ0n) is 7.65. The molecule has 1 aliphatic heterocycles. The van der Waals surface area contributed by atoms with Crippen molar-refractivity contribution in [1.29, 1.82) is 0 Å². The highest BCUT2D eigenvalue weighted by Crippen LogP contribution is 2.33. The molecule has 0 spiro atoms. The minimum absolute atomic E-state index is 0.00935. The normalized spacial score (nSPS) is 23.2. The smallest absolute Gasteiger partial charge is 0.306 e. The van der Waals surface area contributed by atoms with Crippen LogP contribution in [0.25, 0.3) is 0 Å². The summed E-state index contributed by atoms with van der Waals surface area (Å²) in [6, 6.07) is 10.0. The quantitative estimate of drug-likeness (QED) is 0.600. The highest BCUT2D eigenvalue weighted by atomic mass is 79.9. The highest BCUT2D eigenvalue weighted by molar-refractivity contribution is 9.09. The van der Waals surface area contributed by atoms with E-state index in [1.165, 1.54) is 0 Å². The molecule has 1 aromatic carbocycles. The molecule has 1 fully saturated rings. The highest BCUT2D eigenvalue weighted by Gasteiger charge is 2.30. The van der Waals surface area contributed by atoms with Crippen molar-refractivity contribution in [1.82, 2.24) is 0 Å². The maximum absolute atomic E-state index is 10.9. The van der Waals surface area contributed by atoms with Crippen molar-refractivity contribution in [2.45, 2.75) is 23.8 Å². The fourth-order valence-electron chi connectivity index (χ4n) is 1.60. The lowest BCUT2D eigenvalue weighted by molar-refractivity contribution is -0.141. The Bertz CT molecular complexity index is 323. The Hall–Kier alpha value is -0.830. The Morgan fingerprint density at radius 3 is 2.64 bits per heavy atom. The van der Waals surface area contributed by atoms with Crippen LogP contribution < -0.4 is 0 Å². The van der Waals surface area contributed by atoms with Crippen LogP contribution in [0.4, 0.5) is 0 Å². The molecule has 2 atom stereocenters. The van der Waals surface area contributed by atoms with Crippen molar-refractivity contribution < 1.29 is 9.53 Å². The second-order valence-corrected chi connectivity index (χ2v) is 4.37. The molecule has 0 aromatic heterocycles. The number of esters is 1. The first-order valence-corrected chi connectivity index (χ1v) is 5.57. The van der Waals surface area contributed by atoms with Gasteiger partial charge in [0.25, 0.3) is 0 Å². The van der Waals surface area contributed by atoms with Crippen LogP contribution in [0, 0.1) is 0 Å². The fraction of sp³-hybridized carbons (Fsp3) is 0.364. The van der Waals surface area contributed by atoms with Crippen LogP contribution in [0.3, 0.4) is 0 Å². The zero-order chi connectivity index (χ0) is 9.97. The van der Waals surface area contributed by atoms with Gasteiger partial charge in [-0.05, 0) is 12.0 Å². The number of cyclic esters (lactones) is 1. The monoisotopic (exact) mass is 254 g/mol. The molecule has 3 heteroatoms. The lowest BCUT2D eigenvalue weighted by Gasteiger charge is -2.16. The van der Waals surface area contributed by atoms with E-state index < -0.39 is 0 Å². The second kappa shape index (κ2) is 4.13.